The van der Waals surface area contributed by atoms with Gasteiger partial charge in [0, 0.05) is 11.1 Å². The lowest BCUT2D eigenvalue weighted by atomic mass is 10.1. The number of Topliss-reactive ketones (excluding diaryl/α,β-unsaturated/α-hetero) is 1. The number of methoxy groups -OCH3 is 1. The van der Waals surface area contributed by atoms with E-state index in [1.807, 2.05) is 24.3 Å². The third-order valence-electron chi connectivity index (χ3n) is 4.50. The summed E-state index contributed by atoms with van der Waals surface area (Å²) in [5.41, 5.74) is 1.73. The summed E-state index contributed by atoms with van der Waals surface area (Å²) < 4.78 is 11.8. The fourth-order valence-corrected chi connectivity index (χ4v) is 3.96. The number of nitrogens with zero attached hydrogens (tertiary/aromatic N) is 2. The molecule has 6 nitrogen and oxygen atoms in total. The Balaban J connectivity index is 1.75. The van der Waals surface area contributed by atoms with Gasteiger partial charge in [-0.25, -0.2) is 4.98 Å². The van der Waals surface area contributed by atoms with E-state index in [1.165, 1.54) is 18.3 Å². The quantitative estimate of drug-likeness (QED) is 0.424. The molecule has 2 aromatic carbocycles. The summed E-state index contributed by atoms with van der Waals surface area (Å²) in [5.74, 6) is 1.02. The zero-order chi connectivity index (χ0) is 20.4. The van der Waals surface area contributed by atoms with Crippen molar-refractivity contribution >= 4 is 38.4 Å². The van der Waals surface area contributed by atoms with Crippen molar-refractivity contribution in [3.8, 4) is 5.75 Å². The molecule has 0 radical (unpaired) electrons. The second-order valence-corrected chi connectivity index (χ2v) is 7.42. The molecule has 29 heavy (non-hydrogen) atoms. The number of amides is 1. The lowest BCUT2D eigenvalue weighted by molar-refractivity contribution is 0.0979. The van der Waals surface area contributed by atoms with E-state index in [0.29, 0.717) is 33.3 Å². The van der Waals surface area contributed by atoms with E-state index in [0.717, 1.165) is 4.70 Å². The third kappa shape index (κ3) is 3.77. The third-order valence-corrected chi connectivity index (χ3v) is 5.54. The van der Waals surface area contributed by atoms with Crippen LogP contribution in [0.15, 0.2) is 65.3 Å². The van der Waals surface area contributed by atoms with Gasteiger partial charge in [-0.15, -0.1) is 0 Å². The zero-order valence-electron chi connectivity index (χ0n) is 15.9. The molecular weight excluding hydrogens is 388 g/mol. The number of fused-ring (bicyclic) bond motifs is 1. The number of anilines is 1. The lowest BCUT2D eigenvalue weighted by Gasteiger charge is -2.19. The normalized spacial score (nSPS) is 10.8. The summed E-state index contributed by atoms with van der Waals surface area (Å²) in [6, 6.07) is 15.9. The molecule has 0 aliphatic carbocycles. The van der Waals surface area contributed by atoms with Gasteiger partial charge in [-0.2, -0.15) is 0 Å². The largest absolute Gasteiger partial charge is 0.494 e. The standard InChI is InChI=1S/C22H18N2O4S/c1-14(25)15-8-10-16(11-9-15)21(26)24(13-17-5-4-12-28-17)22-23-20-18(27-2)6-3-7-19(20)29-22/h3-12H,13H2,1-2H3. The van der Waals surface area contributed by atoms with Crippen molar-refractivity contribution in [2.45, 2.75) is 13.5 Å². The predicted octanol–water partition coefficient (Wildman–Crippen LogP) is 4.95. The average molecular weight is 406 g/mol. The van der Waals surface area contributed by atoms with E-state index < -0.39 is 0 Å². The molecule has 146 valence electrons. The number of ketones is 1. The maximum Gasteiger partial charge on any atom is 0.260 e. The Morgan fingerprint density at radius 3 is 2.48 bits per heavy atom. The summed E-state index contributed by atoms with van der Waals surface area (Å²) >= 11 is 1.41. The Morgan fingerprint density at radius 1 is 1.07 bits per heavy atom. The first-order chi connectivity index (χ1) is 14.1. The molecule has 0 bridgehead atoms. The minimum Gasteiger partial charge on any atom is -0.494 e. The molecule has 4 rings (SSSR count). The first-order valence-electron chi connectivity index (χ1n) is 8.95. The number of aromatic nitrogens is 1. The fourth-order valence-electron chi connectivity index (χ4n) is 2.98. The van der Waals surface area contributed by atoms with Gasteiger partial charge in [-0.3, -0.25) is 14.5 Å². The number of para-hydroxylation sites is 1. The summed E-state index contributed by atoms with van der Waals surface area (Å²) in [7, 11) is 1.59. The van der Waals surface area contributed by atoms with Crippen LogP contribution in [0.25, 0.3) is 10.2 Å². The van der Waals surface area contributed by atoms with Crippen LogP contribution in [-0.4, -0.2) is 23.8 Å². The first-order valence-corrected chi connectivity index (χ1v) is 9.77. The Labute approximate surface area is 171 Å². The predicted molar refractivity (Wildman–Crippen MR) is 112 cm³/mol. The topological polar surface area (TPSA) is 72.6 Å². The Morgan fingerprint density at radius 2 is 1.83 bits per heavy atom. The maximum atomic E-state index is 13.3. The average Bonchev–Trinajstić information content (AvgIpc) is 3.40. The van der Waals surface area contributed by atoms with Crippen LogP contribution >= 0.6 is 11.3 Å². The van der Waals surface area contributed by atoms with Crippen molar-refractivity contribution in [2.24, 2.45) is 0 Å². The summed E-state index contributed by atoms with van der Waals surface area (Å²) in [4.78, 5) is 31.1. The van der Waals surface area contributed by atoms with Crippen LogP contribution in [-0.2, 0) is 6.54 Å². The molecule has 0 atom stereocenters. The summed E-state index contributed by atoms with van der Waals surface area (Å²) in [6.45, 7) is 1.73. The molecular formula is C22H18N2O4S. The van der Waals surface area contributed by atoms with Gasteiger partial charge in [0.15, 0.2) is 10.9 Å². The number of carbonyl (C=O) groups excluding carboxylic acids is 2. The van der Waals surface area contributed by atoms with Gasteiger partial charge in [0.2, 0.25) is 0 Å². The van der Waals surface area contributed by atoms with Crippen LogP contribution in [0.3, 0.4) is 0 Å². The van der Waals surface area contributed by atoms with Crippen LogP contribution in [0, 0.1) is 0 Å². The van der Waals surface area contributed by atoms with Crippen molar-refractivity contribution < 1.29 is 18.7 Å². The highest BCUT2D eigenvalue weighted by atomic mass is 32.1. The van der Waals surface area contributed by atoms with Crippen LogP contribution in [0.1, 0.15) is 33.4 Å². The van der Waals surface area contributed by atoms with Crippen molar-refractivity contribution in [3.05, 3.63) is 77.7 Å². The van der Waals surface area contributed by atoms with Gasteiger partial charge in [-0.1, -0.05) is 29.5 Å². The molecule has 0 saturated heterocycles. The molecule has 2 heterocycles. The number of hydrogen-bond acceptors (Lipinski definition) is 6. The molecule has 7 heteroatoms. The number of furan rings is 1. The molecule has 4 aromatic rings. The van der Waals surface area contributed by atoms with Gasteiger partial charge in [0.25, 0.3) is 5.91 Å². The summed E-state index contributed by atoms with van der Waals surface area (Å²) in [6.07, 6.45) is 1.57. The fraction of sp³-hybridized carbons (Fsp3) is 0.136. The van der Waals surface area contributed by atoms with E-state index in [4.69, 9.17) is 9.15 Å². The molecule has 0 fully saturated rings. The lowest BCUT2D eigenvalue weighted by Crippen LogP contribution is -2.30. The van der Waals surface area contributed by atoms with Gasteiger partial charge >= 0.3 is 0 Å². The number of carbonyl (C=O) groups is 2. The minimum absolute atomic E-state index is 0.0466. The number of ether oxygens (including phenoxy) is 1. The van der Waals surface area contributed by atoms with Crippen LogP contribution in [0.2, 0.25) is 0 Å². The molecule has 1 amide bonds. The van der Waals surface area contributed by atoms with Crippen molar-refractivity contribution in [2.75, 3.05) is 12.0 Å². The summed E-state index contributed by atoms with van der Waals surface area (Å²) in [5, 5.41) is 0.543. The molecule has 0 aliphatic heterocycles. The van der Waals surface area contributed by atoms with Crippen LogP contribution in [0.4, 0.5) is 5.13 Å². The molecule has 0 unspecified atom stereocenters. The maximum absolute atomic E-state index is 13.3. The minimum atomic E-state index is -0.227. The second-order valence-electron chi connectivity index (χ2n) is 6.41. The van der Waals surface area contributed by atoms with E-state index >= 15 is 0 Å². The van der Waals surface area contributed by atoms with Crippen molar-refractivity contribution in [1.29, 1.82) is 0 Å². The van der Waals surface area contributed by atoms with Crippen LogP contribution < -0.4 is 9.64 Å². The highest BCUT2D eigenvalue weighted by Crippen LogP contribution is 2.35. The number of thiazole rings is 1. The monoisotopic (exact) mass is 406 g/mol. The highest BCUT2D eigenvalue weighted by molar-refractivity contribution is 7.22. The van der Waals surface area contributed by atoms with E-state index in [9.17, 15) is 9.59 Å². The van der Waals surface area contributed by atoms with Crippen LogP contribution in [0.5, 0.6) is 5.75 Å². The van der Waals surface area contributed by atoms with Gasteiger partial charge in [0.05, 0.1) is 24.6 Å². The molecule has 0 N–H and O–H groups in total. The van der Waals surface area contributed by atoms with Crippen molar-refractivity contribution in [1.82, 2.24) is 4.98 Å². The number of benzene rings is 2. The number of rotatable bonds is 6. The van der Waals surface area contributed by atoms with E-state index in [-0.39, 0.29) is 18.2 Å². The molecule has 0 saturated carbocycles. The Bertz CT molecular complexity index is 1160. The smallest absolute Gasteiger partial charge is 0.260 e. The van der Waals surface area contributed by atoms with Gasteiger partial charge < -0.3 is 9.15 Å². The van der Waals surface area contributed by atoms with E-state index in [1.54, 1.807) is 48.6 Å². The Kier molecular flexibility index (Phi) is 5.14. The highest BCUT2D eigenvalue weighted by Gasteiger charge is 2.23. The van der Waals surface area contributed by atoms with Crippen molar-refractivity contribution in [3.63, 3.8) is 0 Å². The first kappa shape index (κ1) is 18.9. The second kappa shape index (κ2) is 7.89. The molecule has 2 aromatic heterocycles. The van der Waals surface area contributed by atoms with Gasteiger partial charge in [-0.05, 0) is 43.3 Å². The van der Waals surface area contributed by atoms with E-state index in [2.05, 4.69) is 4.98 Å². The SMILES string of the molecule is COc1cccc2sc(N(Cc3ccco3)C(=O)c3ccc(C(C)=O)cc3)nc12. The number of hydrogen-bond donors (Lipinski definition) is 0. The zero-order valence-corrected chi connectivity index (χ0v) is 16.7. The van der Waals surface area contributed by atoms with Gasteiger partial charge in [0.1, 0.15) is 17.0 Å². The Hall–Kier alpha value is -3.45. The molecule has 0 aliphatic rings. The molecule has 0 spiro atoms.